The Balaban J connectivity index is 1.31. The zero-order valence-electron chi connectivity index (χ0n) is 16.9. The summed E-state index contributed by atoms with van der Waals surface area (Å²) in [5, 5.41) is 2.75. The van der Waals surface area contributed by atoms with Crippen molar-refractivity contribution in [2.24, 2.45) is 5.92 Å². The highest BCUT2D eigenvalue weighted by atomic mass is 19.1. The van der Waals surface area contributed by atoms with Crippen molar-refractivity contribution in [3.63, 3.8) is 0 Å². The Morgan fingerprint density at radius 2 is 1.94 bits per heavy atom. The summed E-state index contributed by atoms with van der Waals surface area (Å²) in [4.78, 5) is 17.2. The Morgan fingerprint density at radius 1 is 1.13 bits per heavy atom. The van der Waals surface area contributed by atoms with E-state index in [0.29, 0.717) is 28.7 Å². The number of fused-ring (bicyclic) bond motifs is 1. The van der Waals surface area contributed by atoms with Crippen LogP contribution in [0, 0.1) is 11.7 Å². The van der Waals surface area contributed by atoms with E-state index in [9.17, 15) is 9.18 Å². The van der Waals surface area contributed by atoms with E-state index < -0.39 is 11.7 Å². The van der Waals surface area contributed by atoms with Crippen LogP contribution in [0.25, 0.3) is 11.3 Å². The second-order valence-corrected chi connectivity index (χ2v) is 7.80. The van der Waals surface area contributed by atoms with E-state index in [2.05, 4.69) is 33.6 Å². The predicted molar refractivity (Wildman–Crippen MR) is 117 cm³/mol. The van der Waals surface area contributed by atoms with E-state index >= 15 is 0 Å². The molecule has 2 heterocycles. The van der Waals surface area contributed by atoms with Gasteiger partial charge in [-0.05, 0) is 80.3 Å². The van der Waals surface area contributed by atoms with Crippen molar-refractivity contribution >= 4 is 23.1 Å². The van der Waals surface area contributed by atoms with Crippen molar-refractivity contribution in [3.8, 4) is 17.0 Å². The fourth-order valence-electron chi connectivity index (χ4n) is 3.52. The highest BCUT2D eigenvalue weighted by Gasteiger charge is 2.29. The molecule has 2 aliphatic rings. The van der Waals surface area contributed by atoms with E-state index in [1.807, 2.05) is 18.2 Å². The van der Waals surface area contributed by atoms with Gasteiger partial charge in [-0.15, -0.1) is 5.53 Å². The average Bonchev–Trinajstić information content (AvgIpc) is 3.53. The summed E-state index contributed by atoms with van der Waals surface area (Å²) in [5.74, 6) is 0.902. The highest BCUT2D eigenvalue weighted by Crippen LogP contribution is 2.35. The van der Waals surface area contributed by atoms with Crippen LogP contribution in [0.5, 0.6) is 5.75 Å². The molecule has 1 aliphatic heterocycles. The monoisotopic (exact) mass is 419 g/mol. The van der Waals surface area contributed by atoms with Gasteiger partial charge in [0.2, 0.25) is 0 Å². The predicted octanol–water partition coefficient (Wildman–Crippen LogP) is 4.57. The maximum atomic E-state index is 14.4. The third-order valence-electron chi connectivity index (χ3n) is 5.50. The molecule has 1 aromatic heterocycles. The van der Waals surface area contributed by atoms with E-state index in [0.717, 1.165) is 11.4 Å². The maximum absolute atomic E-state index is 14.4. The number of hydrazine groups is 2. The lowest BCUT2D eigenvalue weighted by Gasteiger charge is -2.14. The minimum atomic E-state index is -0.595. The number of nitrogens with one attached hydrogen (secondary N) is 4. The van der Waals surface area contributed by atoms with Crippen LogP contribution < -0.4 is 26.4 Å². The van der Waals surface area contributed by atoms with Crippen LogP contribution in [0.4, 0.5) is 21.6 Å². The largest absolute Gasteiger partial charge is 0.490 e. The third kappa shape index (κ3) is 4.15. The van der Waals surface area contributed by atoms with Gasteiger partial charge in [0.1, 0.15) is 11.6 Å². The van der Waals surface area contributed by atoms with Crippen molar-refractivity contribution in [3.05, 3.63) is 66.0 Å². The first-order valence-corrected chi connectivity index (χ1v) is 10.2. The smallest absolute Gasteiger partial charge is 0.258 e. The zero-order chi connectivity index (χ0) is 21.4. The zero-order valence-corrected chi connectivity index (χ0v) is 16.9. The second kappa shape index (κ2) is 7.88. The molecule has 0 radical (unpaired) electrons. The number of amides is 1. The first-order valence-electron chi connectivity index (χ1n) is 10.2. The maximum Gasteiger partial charge on any atom is 0.258 e. The van der Waals surface area contributed by atoms with E-state index in [1.54, 1.807) is 24.3 Å². The van der Waals surface area contributed by atoms with Crippen LogP contribution in [0.3, 0.4) is 0 Å². The fraction of sp³-hybridized carbons (Fsp3) is 0.217. The molecule has 1 unspecified atom stereocenters. The number of carbonyl (C=O) groups excluding carboxylic acids is 1. The first kappa shape index (κ1) is 19.3. The minimum absolute atomic E-state index is 0.0494. The van der Waals surface area contributed by atoms with Crippen LogP contribution in [-0.2, 0) is 0 Å². The lowest BCUT2D eigenvalue weighted by Crippen LogP contribution is -2.19. The molecule has 0 bridgehead atoms. The summed E-state index contributed by atoms with van der Waals surface area (Å²) in [6.45, 7) is 2.07. The van der Waals surface area contributed by atoms with E-state index in [1.165, 1.54) is 25.0 Å². The summed E-state index contributed by atoms with van der Waals surface area (Å²) in [7, 11) is 0. The van der Waals surface area contributed by atoms with E-state index in [-0.39, 0.29) is 11.7 Å². The summed E-state index contributed by atoms with van der Waals surface area (Å²) < 4.78 is 20.3. The number of ether oxygens (including phenoxy) is 1. The Labute approximate surface area is 179 Å². The molecule has 1 saturated carbocycles. The molecule has 2 aromatic carbocycles. The number of pyridine rings is 1. The van der Waals surface area contributed by atoms with Crippen LogP contribution in [0.2, 0.25) is 0 Å². The summed E-state index contributed by atoms with van der Waals surface area (Å²) >= 11 is 0. The summed E-state index contributed by atoms with van der Waals surface area (Å²) in [6, 6.07) is 15.2. The number of nitrogens with zero attached hydrogens (tertiary/aromatic N) is 1. The Bertz CT molecular complexity index is 1130. The van der Waals surface area contributed by atoms with Gasteiger partial charge in [0, 0.05) is 11.3 Å². The van der Waals surface area contributed by atoms with Gasteiger partial charge in [-0.2, -0.15) is 0 Å². The summed E-state index contributed by atoms with van der Waals surface area (Å²) in [6.07, 6.45) is 2.61. The molecule has 1 fully saturated rings. The van der Waals surface area contributed by atoms with Gasteiger partial charge in [0.15, 0.2) is 5.82 Å². The van der Waals surface area contributed by atoms with Crippen LogP contribution in [-0.4, -0.2) is 17.0 Å². The molecule has 4 N–H and O–H groups in total. The van der Waals surface area contributed by atoms with Crippen LogP contribution in [0.15, 0.2) is 54.6 Å². The second-order valence-electron chi connectivity index (χ2n) is 7.80. The summed E-state index contributed by atoms with van der Waals surface area (Å²) in [5.41, 5.74) is 11.1. The number of rotatable bonds is 6. The SMILES string of the molecule is CC(Oc1ccc(NC(=O)c2cc(-c3ccc4c(n3)NNN4)ccc2F)cc1)C1CC1. The van der Waals surface area contributed by atoms with Crippen LogP contribution in [0.1, 0.15) is 30.1 Å². The number of aromatic nitrogens is 1. The van der Waals surface area contributed by atoms with Crippen LogP contribution >= 0.6 is 0 Å². The quantitative estimate of drug-likeness (QED) is 0.468. The molecule has 1 aliphatic carbocycles. The standard InChI is InChI=1S/C23H22FN5O2/c1-13(14-2-3-14)31-17-7-5-16(6-8-17)25-23(30)18-12-15(4-9-19(18)24)20-10-11-21-22(26-20)28-29-27-21/h4-14,27,29H,2-3H2,1H3,(H,25,30)(H,26,28). The minimum Gasteiger partial charge on any atom is -0.490 e. The van der Waals surface area contributed by atoms with Crippen molar-refractivity contribution in [2.45, 2.75) is 25.9 Å². The normalized spacial score (nSPS) is 15.4. The lowest BCUT2D eigenvalue weighted by molar-refractivity contribution is 0.102. The molecule has 3 aromatic rings. The molecule has 158 valence electrons. The Kier molecular flexibility index (Phi) is 4.91. The number of anilines is 3. The number of hydrogen-bond acceptors (Lipinski definition) is 6. The van der Waals surface area contributed by atoms with Crippen molar-refractivity contribution in [1.29, 1.82) is 0 Å². The molecule has 0 spiro atoms. The Morgan fingerprint density at radius 3 is 2.71 bits per heavy atom. The highest BCUT2D eigenvalue weighted by molar-refractivity contribution is 6.05. The molecule has 5 rings (SSSR count). The molecule has 1 amide bonds. The van der Waals surface area contributed by atoms with E-state index in [4.69, 9.17) is 4.74 Å². The molecule has 31 heavy (non-hydrogen) atoms. The molecule has 1 atom stereocenters. The molecular weight excluding hydrogens is 397 g/mol. The third-order valence-corrected chi connectivity index (χ3v) is 5.50. The molecule has 7 nitrogen and oxygen atoms in total. The van der Waals surface area contributed by atoms with Crippen molar-refractivity contribution in [1.82, 2.24) is 10.5 Å². The van der Waals surface area contributed by atoms with Gasteiger partial charge >= 0.3 is 0 Å². The number of carbonyl (C=O) groups is 1. The topological polar surface area (TPSA) is 87.3 Å². The van der Waals surface area contributed by atoms with Crippen molar-refractivity contribution in [2.75, 3.05) is 16.2 Å². The van der Waals surface area contributed by atoms with Gasteiger partial charge in [0.05, 0.1) is 23.0 Å². The molecule has 8 heteroatoms. The molecule has 0 saturated heterocycles. The first-order chi connectivity index (χ1) is 15.1. The lowest BCUT2D eigenvalue weighted by atomic mass is 10.1. The number of benzene rings is 2. The van der Waals surface area contributed by atoms with Gasteiger partial charge in [-0.1, -0.05) is 0 Å². The van der Waals surface area contributed by atoms with Gasteiger partial charge < -0.3 is 15.5 Å². The van der Waals surface area contributed by atoms with Gasteiger partial charge in [-0.3, -0.25) is 10.2 Å². The van der Waals surface area contributed by atoms with Crippen molar-refractivity contribution < 1.29 is 13.9 Å². The Hall–Kier alpha value is -3.65. The average molecular weight is 419 g/mol. The number of hydrogen-bond donors (Lipinski definition) is 4. The van der Waals surface area contributed by atoms with Gasteiger partial charge in [0.25, 0.3) is 5.91 Å². The van der Waals surface area contributed by atoms with Gasteiger partial charge in [-0.25, -0.2) is 9.37 Å². The molecular formula is C23H22FN5O2. The number of halogens is 1. The fourth-order valence-corrected chi connectivity index (χ4v) is 3.52.